The van der Waals surface area contributed by atoms with Crippen molar-refractivity contribution >= 4 is 27.8 Å². The molecule has 0 amide bonds. The number of nitrogens with zero attached hydrogens (tertiary/aromatic N) is 5. The van der Waals surface area contributed by atoms with Crippen molar-refractivity contribution in [1.82, 2.24) is 24.3 Å². The zero-order chi connectivity index (χ0) is 28.0. The molecule has 0 N–H and O–H groups in total. The van der Waals surface area contributed by atoms with Crippen molar-refractivity contribution < 1.29 is 4.42 Å². The van der Waals surface area contributed by atoms with E-state index in [9.17, 15) is 4.79 Å². The summed E-state index contributed by atoms with van der Waals surface area (Å²) in [5.74, 6) is 2.05. The Labute approximate surface area is 239 Å². The molecule has 8 aromatic rings. The van der Waals surface area contributed by atoms with Crippen LogP contribution in [0.4, 0.5) is 0 Å². The second kappa shape index (κ2) is 9.60. The van der Waals surface area contributed by atoms with Gasteiger partial charge in [0.05, 0.1) is 16.4 Å². The minimum absolute atomic E-state index is 0.160. The number of hydrogen-bond donors (Lipinski definition) is 0. The van der Waals surface area contributed by atoms with Crippen LogP contribution in [-0.4, -0.2) is 24.3 Å². The molecule has 3 heterocycles. The summed E-state index contributed by atoms with van der Waals surface area (Å²) >= 11 is 0. The summed E-state index contributed by atoms with van der Waals surface area (Å²) in [6.07, 6.45) is 0. The Hall–Kier alpha value is -5.95. The molecule has 7 heteroatoms. The third-order valence-electron chi connectivity index (χ3n) is 7.30. The summed E-state index contributed by atoms with van der Waals surface area (Å²) < 4.78 is 7.66. The number of para-hydroxylation sites is 2. The molecule has 0 spiro atoms. The molecule has 5 aromatic carbocycles. The summed E-state index contributed by atoms with van der Waals surface area (Å²) in [7, 11) is 0. The maximum atomic E-state index is 13.4. The standard InChI is InChI=1S/C35H21N5O2/c41-34-27-19-18-25(21-30(27)42-35-36-28-16-7-8-17-29(28)40(34)35)24-14-9-15-26(20-24)33-38-31(22-10-3-1-4-11-22)37-32(39-33)23-12-5-2-6-13-23/h1-21H. The van der Waals surface area contributed by atoms with Gasteiger partial charge < -0.3 is 4.42 Å². The summed E-state index contributed by atoms with van der Waals surface area (Å²) in [5.41, 5.74) is 6.26. The number of rotatable bonds is 4. The third-order valence-corrected chi connectivity index (χ3v) is 7.30. The van der Waals surface area contributed by atoms with Crippen LogP contribution < -0.4 is 5.56 Å². The molecule has 0 atom stereocenters. The maximum absolute atomic E-state index is 13.4. The first-order valence-electron chi connectivity index (χ1n) is 13.5. The molecule has 0 unspecified atom stereocenters. The van der Waals surface area contributed by atoms with Crippen molar-refractivity contribution in [3.63, 3.8) is 0 Å². The van der Waals surface area contributed by atoms with Crippen molar-refractivity contribution in [2.24, 2.45) is 0 Å². The van der Waals surface area contributed by atoms with E-state index in [1.165, 1.54) is 4.40 Å². The Balaban J connectivity index is 1.26. The van der Waals surface area contributed by atoms with E-state index in [1.54, 1.807) is 6.07 Å². The highest BCUT2D eigenvalue weighted by Gasteiger charge is 2.15. The highest BCUT2D eigenvalue weighted by Crippen LogP contribution is 2.30. The monoisotopic (exact) mass is 543 g/mol. The van der Waals surface area contributed by atoms with Crippen molar-refractivity contribution in [3.8, 4) is 45.3 Å². The smallest absolute Gasteiger partial charge is 0.310 e. The normalized spacial score (nSPS) is 11.4. The van der Waals surface area contributed by atoms with Crippen LogP contribution in [0.2, 0.25) is 0 Å². The van der Waals surface area contributed by atoms with Gasteiger partial charge in [0, 0.05) is 16.7 Å². The molecule has 0 saturated carbocycles. The number of imidazole rings is 1. The van der Waals surface area contributed by atoms with Gasteiger partial charge in [-0.3, -0.25) is 4.79 Å². The number of hydrogen-bond acceptors (Lipinski definition) is 6. The van der Waals surface area contributed by atoms with Crippen LogP contribution in [0.3, 0.4) is 0 Å². The number of aromatic nitrogens is 5. The predicted octanol–water partition coefficient (Wildman–Crippen LogP) is 7.45. The Morgan fingerprint density at radius 3 is 1.79 bits per heavy atom. The van der Waals surface area contributed by atoms with E-state index in [4.69, 9.17) is 19.4 Å². The molecule has 42 heavy (non-hydrogen) atoms. The molecule has 7 nitrogen and oxygen atoms in total. The fourth-order valence-corrected chi connectivity index (χ4v) is 5.23. The predicted molar refractivity (Wildman–Crippen MR) is 164 cm³/mol. The van der Waals surface area contributed by atoms with Gasteiger partial charge in [-0.15, -0.1) is 0 Å². The second-order valence-electron chi connectivity index (χ2n) is 9.96. The van der Waals surface area contributed by atoms with Crippen LogP contribution >= 0.6 is 0 Å². The van der Waals surface area contributed by atoms with Crippen LogP contribution in [0, 0.1) is 0 Å². The first-order chi connectivity index (χ1) is 20.7. The van der Waals surface area contributed by atoms with Crippen molar-refractivity contribution in [3.05, 3.63) is 138 Å². The molecular formula is C35H21N5O2. The fourth-order valence-electron chi connectivity index (χ4n) is 5.23. The van der Waals surface area contributed by atoms with E-state index in [0.717, 1.165) is 33.3 Å². The topological polar surface area (TPSA) is 86.2 Å². The first-order valence-corrected chi connectivity index (χ1v) is 13.5. The lowest BCUT2D eigenvalue weighted by Crippen LogP contribution is -2.12. The average molecular weight is 544 g/mol. The van der Waals surface area contributed by atoms with E-state index < -0.39 is 0 Å². The Morgan fingerprint density at radius 2 is 1.07 bits per heavy atom. The van der Waals surface area contributed by atoms with Crippen LogP contribution in [0.15, 0.2) is 137 Å². The highest BCUT2D eigenvalue weighted by molar-refractivity contribution is 5.86. The van der Waals surface area contributed by atoms with E-state index in [2.05, 4.69) is 4.98 Å². The number of benzene rings is 5. The van der Waals surface area contributed by atoms with Gasteiger partial charge in [0.15, 0.2) is 17.5 Å². The molecule has 3 aromatic heterocycles. The van der Waals surface area contributed by atoms with E-state index >= 15 is 0 Å². The quantitative estimate of drug-likeness (QED) is 0.229. The van der Waals surface area contributed by atoms with Gasteiger partial charge in [0.1, 0.15) is 5.58 Å². The summed E-state index contributed by atoms with van der Waals surface area (Å²) in [6, 6.07) is 41.0. The first kappa shape index (κ1) is 23.9. The van der Waals surface area contributed by atoms with Gasteiger partial charge in [-0.1, -0.05) is 97.1 Å². The van der Waals surface area contributed by atoms with Gasteiger partial charge in [0.2, 0.25) is 0 Å². The van der Waals surface area contributed by atoms with E-state index in [0.29, 0.717) is 34.0 Å². The Bertz CT molecular complexity index is 2270. The van der Waals surface area contributed by atoms with Crippen molar-refractivity contribution in [2.75, 3.05) is 0 Å². The van der Waals surface area contributed by atoms with Gasteiger partial charge in [-0.2, -0.15) is 4.98 Å². The summed E-state index contributed by atoms with van der Waals surface area (Å²) in [5, 5.41) is 0.489. The Morgan fingerprint density at radius 1 is 0.500 bits per heavy atom. The zero-order valence-electron chi connectivity index (χ0n) is 22.2. The van der Waals surface area contributed by atoms with E-state index in [-0.39, 0.29) is 11.4 Å². The molecule has 0 bridgehead atoms. The highest BCUT2D eigenvalue weighted by atomic mass is 16.4. The molecule has 0 fully saturated rings. The fraction of sp³-hybridized carbons (Fsp3) is 0. The molecule has 0 aliphatic carbocycles. The van der Waals surface area contributed by atoms with Gasteiger partial charge in [-0.25, -0.2) is 19.4 Å². The minimum Gasteiger partial charge on any atom is -0.424 e. The molecule has 8 rings (SSSR count). The lowest BCUT2D eigenvalue weighted by Gasteiger charge is -2.10. The largest absolute Gasteiger partial charge is 0.424 e. The minimum atomic E-state index is -0.160. The van der Waals surface area contributed by atoms with Crippen LogP contribution in [0.1, 0.15) is 0 Å². The van der Waals surface area contributed by atoms with Crippen molar-refractivity contribution in [1.29, 1.82) is 0 Å². The Kier molecular flexibility index (Phi) is 5.46. The zero-order valence-corrected chi connectivity index (χ0v) is 22.2. The molecule has 0 aliphatic heterocycles. The lowest BCUT2D eigenvalue weighted by molar-refractivity contribution is 0.617. The molecular weight excluding hydrogens is 522 g/mol. The van der Waals surface area contributed by atoms with Crippen LogP contribution in [0.5, 0.6) is 0 Å². The maximum Gasteiger partial charge on any atom is 0.310 e. The second-order valence-corrected chi connectivity index (χ2v) is 9.96. The lowest BCUT2D eigenvalue weighted by atomic mass is 10.0. The van der Waals surface area contributed by atoms with Gasteiger partial charge >= 0.3 is 5.84 Å². The third kappa shape index (κ3) is 4.03. The molecule has 0 radical (unpaired) electrons. The number of fused-ring (bicyclic) bond motifs is 4. The van der Waals surface area contributed by atoms with Crippen LogP contribution in [-0.2, 0) is 0 Å². The molecule has 0 aliphatic rings. The summed E-state index contributed by atoms with van der Waals surface area (Å²) in [4.78, 5) is 32.4. The van der Waals surface area contributed by atoms with Crippen molar-refractivity contribution in [2.45, 2.75) is 0 Å². The summed E-state index contributed by atoms with van der Waals surface area (Å²) in [6.45, 7) is 0. The van der Waals surface area contributed by atoms with Gasteiger partial charge in [-0.05, 0) is 41.5 Å². The SMILES string of the molecule is O=c1c2ccc(-c3cccc(-c4nc(-c5ccccc5)nc(-c5ccccc5)n4)c3)cc2oc2nc3ccccc3n12. The van der Waals surface area contributed by atoms with E-state index in [1.807, 2.05) is 121 Å². The average Bonchev–Trinajstić information content (AvgIpc) is 3.44. The molecule has 198 valence electrons. The molecule has 0 saturated heterocycles. The van der Waals surface area contributed by atoms with Crippen LogP contribution in [0.25, 0.3) is 73.1 Å². The van der Waals surface area contributed by atoms with Gasteiger partial charge in [0.25, 0.3) is 5.56 Å².